The maximum absolute atomic E-state index is 5.16. The molecular weight excluding hydrogens is 290 g/mol. The number of methoxy groups -OCH3 is 1. The van der Waals surface area contributed by atoms with Crippen LogP contribution in [0.25, 0.3) is 0 Å². The zero-order valence-corrected chi connectivity index (χ0v) is 14.1. The summed E-state index contributed by atoms with van der Waals surface area (Å²) in [7, 11) is 1.66. The van der Waals surface area contributed by atoms with Gasteiger partial charge in [0.25, 0.3) is 0 Å². The molecule has 6 heteroatoms. The highest BCUT2D eigenvalue weighted by Gasteiger charge is 2.08. The van der Waals surface area contributed by atoms with E-state index in [9.17, 15) is 0 Å². The first-order valence-corrected chi connectivity index (χ1v) is 8.08. The van der Waals surface area contributed by atoms with Crippen LogP contribution in [0.4, 0.5) is 11.8 Å². The molecule has 1 N–H and O–H groups in total. The van der Waals surface area contributed by atoms with E-state index in [4.69, 9.17) is 4.74 Å². The van der Waals surface area contributed by atoms with Crippen molar-refractivity contribution in [2.45, 2.75) is 33.2 Å². The molecule has 1 aromatic heterocycles. The molecule has 1 heterocycles. The van der Waals surface area contributed by atoms with Crippen LogP contribution in [0.5, 0.6) is 5.75 Å². The van der Waals surface area contributed by atoms with Crippen LogP contribution < -0.4 is 15.0 Å². The molecule has 0 aliphatic rings. The molecule has 1 aromatic carbocycles. The van der Waals surface area contributed by atoms with Crippen LogP contribution in [-0.2, 0) is 6.54 Å². The molecule has 0 amide bonds. The second kappa shape index (κ2) is 8.92. The fourth-order valence-electron chi connectivity index (χ4n) is 2.33. The van der Waals surface area contributed by atoms with Crippen LogP contribution in [0, 0.1) is 0 Å². The first-order chi connectivity index (χ1) is 11.3. The van der Waals surface area contributed by atoms with Crippen molar-refractivity contribution in [3.8, 4) is 5.75 Å². The van der Waals surface area contributed by atoms with E-state index in [1.807, 2.05) is 24.3 Å². The lowest BCUT2D eigenvalue weighted by Crippen LogP contribution is -2.26. The van der Waals surface area contributed by atoms with Gasteiger partial charge in [0, 0.05) is 19.6 Å². The number of hydrogen-bond donors (Lipinski definition) is 1. The van der Waals surface area contributed by atoms with Crippen LogP contribution in [0.2, 0.25) is 0 Å². The number of rotatable bonds is 9. The molecule has 0 aliphatic carbocycles. The lowest BCUT2D eigenvalue weighted by molar-refractivity contribution is 0.414. The van der Waals surface area contributed by atoms with Crippen molar-refractivity contribution in [1.82, 2.24) is 15.2 Å². The SMILES string of the molecule is CCCN(CCC)c1cnnc(NCc2ccc(OC)cc2)n1. The number of aromatic nitrogens is 3. The summed E-state index contributed by atoms with van der Waals surface area (Å²) in [6.07, 6.45) is 3.89. The minimum absolute atomic E-state index is 0.551. The molecule has 0 aliphatic heterocycles. The van der Waals surface area contributed by atoms with Gasteiger partial charge in [-0.2, -0.15) is 10.1 Å². The Bertz CT molecular complexity index is 582. The van der Waals surface area contributed by atoms with E-state index < -0.39 is 0 Å². The third kappa shape index (κ3) is 5.09. The fraction of sp³-hybridized carbons (Fsp3) is 0.471. The van der Waals surface area contributed by atoms with E-state index in [0.29, 0.717) is 12.5 Å². The highest BCUT2D eigenvalue weighted by molar-refractivity contribution is 5.40. The summed E-state index contributed by atoms with van der Waals surface area (Å²) in [5.74, 6) is 2.28. The maximum atomic E-state index is 5.16. The standard InChI is InChI=1S/C17H25N5O/c1-4-10-22(11-5-2)16-13-19-21-17(20-16)18-12-14-6-8-15(23-3)9-7-14/h6-9,13H,4-5,10-12H2,1-3H3,(H,18,20,21). The lowest BCUT2D eigenvalue weighted by Gasteiger charge is -2.22. The predicted octanol–water partition coefficient (Wildman–Crippen LogP) is 3.12. The Hall–Kier alpha value is -2.37. The normalized spacial score (nSPS) is 10.4. The zero-order chi connectivity index (χ0) is 16.5. The third-order valence-corrected chi connectivity index (χ3v) is 3.47. The van der Waals surface area contributed by atoms with Gasteiger partial charge in [-0.25, -0.2) is 0 Å². The monoisotopic (exact) mass is 315 g/mol. The molecule has 0 saturated carbocycles. The molecule has 0 bridgehead atoms. The third-order valence-electron chi connectivity index (χ3n) is 3.47. The molecule has 6 nitrogen and oxygen atoms in total. The molecule has 0 atom stereocenters. The summed E-state index contributed by atoms with van der Waals surface area (Å²) in [4.78, 5) is 6.82. The van der Waals surface area contributed by atoms with Crippen molar-refractivity contribution >= 4 is 11.8 Å². The summed E-state index contributed by atoms with van der Waals surface area (Å²) in [6, 6.07) is 7.92. The minimum Gasteiger partial charge on any atom is -0.497 e. The highest BCUT2D eigenvalue weighted by atomic mass is 16.5. The summed E-state index contributed by atoms with van der Waals surface area (Å²) >= 11 is 0. The summed E-state index contributed by atoms with van der Waals surface area (Å²) in [5.41, 5.74) is 1.14. The van der Waals surface area contributed by atoms with Crippen LogP contribution in [0.1, 0.15) is 32.3 Å². The number of anilines is 2. The topological polar surface area (TPSA) is 63.2 Å². The molecule has 23 heavy (non-hydrogen) atoms. The van der Waals surface area contributed by atoms with Gasteiger partial charge in [0.15, 0.2) is 5.82 Å². The van der Waals surface area contributed by atoms with Gasteiger partial charge in [0.2, 0.25) is 5.95 Å². The molecule has 0 spiro atoms. The van der Waals surface area contributed by atoms with Gasteiger partial charge in [0.1, 0.15) is 5.75 Å². The Labute approximate surface area is 137 Å². The fourth-order valence-corrected chi connectivity index (χ4v) is 2.33. The van der Waals surface area contributed by atoms with Gasteiger partial charge < -0.3 is 15.0 Å². The number of hydrogen-bond acceptors (Lipinski definition) is 6. The van der Waals surface area contributed by atoms with Crippen LogP contribution in [0.15, 0.2) is 30.5 Å². The zero-order valence-electron chi connectivity index (χ0n) is 14.1. The molecule has 124 valence electrons. The van der Waals surface area contributed by atoms with Crippen LogP contribution >= 0.6 is 0 Å². The molecule has 0 radical (unpaired) electrons. The van der Waals surface area contributed by atoms with Crippen molar-refractivity contribution in [3.05, 3.63) is 36.0 Å². The van der Waals surface area contributed by atoms with Crippen LogP contribution in [0.3, 0.4) is 0 Å². The Kier molecular flexibility index (Phi) is 6.59. The number of nitrogens with zero attached hydrogens (tertiary/aromatic N) is 4. The van der Waals surface area contributed by atoms with Crippen molar-refractivity contribution in [3.63, 3.8) is 0 Å². The van der Waals surface area contributed by atoms with Gasteiger partial charge >= 0.3 is 0 Å². The first kappa shape index (κ1) is 17.0. The summed E-state index contributed by atoms with van der Waals surface area (Å²) < 4.78 is 5.16. The van der Waals surface area contributed by atoms with E-state index in [0.717, 1.165) is 43.1 Å². The lowest BCUT2D eigenvalue weighted by atomic mass is 10.2. The quantitative estimate of drug-likeness (QED) is 0.767. The largest absolute Gasteiger partial charge is 0.497 e. The Balaban J connectivity index is 2.00. The van der Waals surface area contributed by atoms with Gasteiger partial charge in [-0.05, 0) is 30.5 Å². The average Bonchev–Trinajstić information content (AvgIpc) is 2.60. The number of benzene rings is 1. The minimum atomic E-state index is 0.551. The number of ether oxygens (including phenoxy) is 1. The van der Waals surface area contributed by atoms with E-state index >= 15 is 0 Å². The van der Waals surface area contributed by atoms with Crippen LogP contribution in [-0.4, -0.2) is 35.4 Å². The molecule has 0 unspecified atom stereocenters. The van der Waals surface area contributed by atoms with Crippen molar-refractivity contribution in [1.29, 1.82) is 0 Å². The first-order valence-electron chi connectivity index (χ1n) is 8.08. The van der Waals surface area contributed by atoms with Crippen molar-refractivity contribution in [2.24, 2.45) is 0 Å². The van der Waals surface area contributed by atoms with E-state index in [2.05, 4.69) is 39.2 Å². The van der Waals surface area contributed by atoms with E-state index in [1.165, 1.54) is 0 Å². The predicted molar refractivity (Wildman–Crippen MR) is 92.9 cm³/mol. The Morgan fingerprint density at radius 3 is 2.39 bits per heavy atom. The van der Waals surface area contributed by atoms with E-state index in [-0.39, 0.29) is 0 Å². The summed E-state index contributed by atoms with van der Waals surface area (Å²) in [5, 5.41) is 11.4. The van der Waals surface area contributed by atoms with Gasteiger partial charge in [-0.15, -0.1) is 5.10 Å². The van der Waals surface area contributed by atoms with Crippen molar-refractivity contribution < 1.29 is 4.74 Å². The summed E-state index contributed by atoms with van der Waals surface area (Å²) in [6.45, 7) is 6.94. The second-order valence-corrected chi connectivity index (χ2v) is 5.33. The number of nitrogens with one attached hydrogen (secondary N) is 1. The Morgan fingerprint density at radius 1 is 1.09 bits per heavy atom. The average molecular weight is 315 g/mol. The maximum Gasteiger partial charge on any atom is 0.244 e. The molecule has 0 fully saturated rings. The molecule has 2 rings (SSSR count). The second-order valence-electron chi connectivity index (χ2n) is 5.33. The molecule has 0 saturated heterocycles. The van der Waals surface area contributed by atoms with Gasteiger partial charge in [-0.1, -0.05) is 26.0 Å². The van der Waals surface area contributed by atoms with Gasteiger partial charge in [0.05, 0.1) is 13.3 Å². The Morgan fingerprint density at radius 2 is 1.78 bits per heavy atom. The van der Waals surface area contributed by atoms with E-state index in [1.54, 1.807) is 13.3 Å². The smallest absolute Gasteiger partial charge is 0.244 e. The molecular formula is C17H25N5O. The molecule has 2 aromatic rings. The highest BCUT2D eigenvalue weighted by Crippen LogP contribution is 2.14. The van der Waals surface area contributed by atoms with Crippen molar-refractivity contribution in [2.75, 3.05) is 30.4 Å². The van der Waals surface area contributed by atoms with Gasteiger partial charge in [-0.3, -0.25) is 0 Å².